The van der Waals surface area contributed by atoms with Crippen LogP contribution in [0.3, 0.4) is 0 Å². The van der Waals surface area contributed by atoms with E-state index in [-0.39, 0.29) is 0 Å². The van der Waals surface area contributed by atoms with E-state index in [4.69, 9.17) is 0 Å². The maximum atomic E-state index is 4.48. The first-order valence-electron chi connectivity index (χ1n) is 5.85. The third-order valence-electron chi connectivity index (χ3n) is 2.88. The maximum Gasteiger partial charge on any atom is 0.111 e. The molecule has 4 heteroatoms. The van der Waals surface area contributed by atoms with Gasteiger partial charge in [0.25, 0.3) is 0 Å². The predicted octanol–water partition coefficient (Wildman–Crippen LogP) is 3.02. The molecule has 1 aromatic carbocycles. The Kier molecular flexibility index (Phi) is 2.48. The van der Waals surface area contributed by atoms with Gasteiger partial charge in [0.15, 0.2) is 0 Å². The van der Waals surface area contributed by atoms with Crippen molar-refractivity contribution in [2.75, 3.05) is 5.32 Å². The van der Waals surface area contributed by atoms with Crippen LogP contribution in [0.25, 0.3) is 11.0 Å². The van der Waals surface area contributed by atoms with Crippen LogP contribution >= 0.6 is 0 Å². The largest absolute Gasteiger partial charge is 0.354 e. The highest BCUT2D eigenvalue weighted by atomic mass is 15.3. The summed E-state index contributed by atoms with van der Waals surface area (Å²) in [6.07, 6.45) is 1.79. The third-order valence-corrected chi connectivity index (χ3v) is 2.88. The van der Waals surface area contributed by atoms with E-state index >= 15 is 0 Å². The van der Waals surface area contributed by atoms with E-state index in [1.807, 2.05) is 55.1 Å². The zero-order valence-corrected chi connectivity index (χ0v) is 10.4. The van der Waals surface area contributed by atoms with Crippen LogP contribution in [0.4, 0.5) is 11.4 Å². The highest BCUT2D eigenvalue weighted by molar-refractivity contribution is 5.90. The maximum absolute atomic E-state index is 4.48. The molecule has 0 fully saturated rings. The summed E-state index contributed by atoms with van der Waals surface area (Å²) in [5, 5.41) is 7.67. The lowest BCUT2D eigenvalue weighted by Gasteiger charge is -2.09. The van der Waals surface area contributed by atoms with Crippen molar-refractivity contribution in [2.45, 2.75) is 6.92 Å². The highest BCUT2D eigenvalue weighted by Gasteiger charge is 2.08. The van der Waals surface area contributed by atoms with Crippen LogP contribution in [0.5, 0.6) is 0 Å². The molecule has 90 valence electrons. The molecule has 2 aromatic heterocycles. The molecule has 0 unspecified atom stereocenters. The van der Waals surface area contributed by atoms with Crippen molar-refractivity contribution < 1.29 is 0 Å². The number of pyridine rings is 1. The van der Waals surface area contributed by atoms with Crippen LogP contribution in [0.15, 0.2) is 42.6 Å². The van der Waals surface area contributed by atoms with Crippen LogP contribution in [0, 0.1) is 6.92 Å². The first-order chi connectivity index (χ1) is 8.74. The predicted molar refractivity (Wildman–Crippen MR) is 73.0 cm³/mol. The Morgan fingerprint density at radius 1 is 1.17 bits per heavy atom. The number of anilines is 2. The minimum absolute atomic E-state index is 0.913. The fourth-order valence-corrected chi connectivity index (χ4v) is 2.09. The second-order valence-electron chi connectivity index (χ2n) is 4.30. The molecule has 0 saturated carbocycles. The second-order valence-corrected chi connectivity index (χ2v) is 4.30. The first-order valence-corrected chi connectivity index (χ1v) is 5.85. The van der Waals surface area contributed by atoms with Gasteiger partial charge >= 0.3 is 0 Å². The molecule has 18 heavy (non-hydrogen) atoms. The Bertz CT molecular complexity index is 686. The van der Waals surface area contributed by atoms with E-state index in [2.05, 4.69) is 15.4 Å². The lowest BCUT2D eigenvalue weighted by atomic mass is 10.2. The van der Waals surface area contributed by atoms with E-state index < -0.39 is 0 Å². The number of para-hydroxylation sites is 1. The van der Waals surface area contributed by atoms with Gasteiger partial charge in [-0.3, -0.25) is 4.68 Å². The number of fused-ring (bicyclic) bond motifs is 1. The number of nitrogens with zero attached hydrogens (tertiary/aromatic N) is 3. The number of nitrogens with one attached hydrogen (secondary N) is 1. The van der Waals surface area contributed by atoms with E-state index in [9.17, 15) is 0 Å². The van der Waals surface area contributed by atoms with Crippen LogP contribution in [-0.2, 0) is 7.05 Å². The molecular formula is C14H14N4. The smallest absolute Gasteiger partial charge is 0.111 e. The molecule has 0 bridgehead atoms. The Morgan fingerprint density at radius 3 is 2.72 bits per heavy atom. The van der Waals surface area contributed by atoms with E-state index in [0.717, 1.165) is 28.1 Å². The molecule has 0 radical (unpaired) electrons. The lowest BCUT2D eigenvalue weighted by molar-refractivity contribution is 0.797. The summed E-state index contributed by atoms with van der Waals surface area (Å²) >= 11 is 0. The van der Waals surface area contributed by atoms with E-state index in [1.54, 1.807) is 6.20 Å². The molecule has 0 aliphatic heterocycles. The zero-order chi connectivity index (χ0) is 12.5. The van der Waals surface area contributed by atoms with Gasteiger partial charge in [-0.15, -0.1) is 0 Å². The average molecular weight is 238 g/mol. The molecule has 0 atom stereocenters. The van der Waals surface area contributed by atoms with Gasteiger partial charge in [-0.1, -0.05) is 18.2 Å². The van der Waals surface area contributed by atoms with Gasteiger partial charge in [0.05, 0.1) is 11.9 Å². The molecule has 0 amide bonds. The molecular weight excluding hydrogens is 224 g/mol. The number of rotatable bonds is 2. The van der Waals surface area contributed by atoms with E-state index in [0.29, 0.717) is 0 Å². The summed E-state index contributed by atoms with van der Waals surface area (Å²) in [7, 11) is 1.93. The molecule has 0 spiro atoms. The number of aromatic nitrogens is 3. The number of hydrogen-bond acceptors (Lipinski definition) is 3. The van der Waals surface area contributed by atoms with Gasteiger partial charge < -0.3 is 5.32 Å². The van der Waals surface area contributed by atoms with Crippen LogP contribution in [0.2, 0.25) is 0 Å². The van der Waals surface area contributed by atoms with Gasteiger partial charge in [0.2, 0.25) is 0 Å². The van der Waals surface area contributed by atoms with Gasteiger partial charge in [-0.25, -0.2) is 4.98 Å². The Labute approximate surface area is 105 Å². The minimum Gasteiger partial charge on any atom is -0.354 e. The van der Waals surface area contributed by atoms with Crippen molar-refractivity contribution in [3.05, 3.63) is 48.3 Å². The molecule has 3 rings (SSSR count). The fourth-order valence-electron chi connectivity index (χ4n) is 2.09. The Hall–Kier alpha value is -2.36. The van der Waals surface area contributed by atoms with Crippen LogP contribution in [0.1, 0.15) is 5.69 Å². The van der Waals surface area contributed by atoms with Crippen LogP contribution in [-0.4, -0.2) is 14.8 Å². The summed E-state index contributed by atoms with van der Waals surface area (Å²) < 4.78 is 1.84. The topological polar surface area (TPSA) is 42.7 Å². The minimum atomic E-state index is 0.913. The summed E-state index contributed by atoms with van der Waals surface area (Å²) in [6.45, 7) is 1.99. The molecule has 0 aliphatic carbocycles. The van der Waals surface area contributed by atoms with Crippen molar-refractivity contribution in [1.29, 1.82) is 0 Å². The average Bonchev–Trinajstić information content (AvgIpc) is 2.72. The lowest BCUT2D eigenvalue weighted by Crippen LogP contribution is -1.98. The summed E-state index contributed by atoms with van der Waals surface area (Å²) in [5.41, 5.74) is 5.00. The molecule has 0 aliphatic rings. The normalized spacial score (nSPS) is 10.8. The molecule has 3 aromatic rings. The van der Waals surface area contributed by atoms with Gasteiger partial charge in [0, 0.05) is 18.4 Å². The van der Waals surface area contributed by atoms with Gasteiger partial charge in [-0.05, 0) is 25.1 Å². The highest BCUT2D eigenvalue weighted by Crippen LogP contribution is 2.25. The van der Waals surface area contributed by atoms with E-state index in [1.165, 1.54) is 0 Å². The van der Waals surface area contributed by atoms with Crippen molar-refractivity contribution in [3.8, 4) is 0 Å². The summed E-state index contributed by atoms with van der Waals surface area (Å²) in [6, 6.07) is 12.1. The monoisotopic (exact) mass is 238 g/mol. The fraction of sp³-hybridized carbons (Fsp3) is 0.143. The Balaban J connectivity index is 2.13. The Morgan fingerprint density at radius 2 is 1.94 bits per heavy atom. The number of hydrogen-bond donors (Lipinski definition) is 1. The molecule has 1 N–H and O–H groups in total. The first kappa shape index (κ1) is 10.8. The van der Waals surface area contributed by atoms with Crippen molar-refractivity contribution in [1.82, 2.24) is 14.8 Å². The molecule has 4 nitrogen and oxygen atoms in total. The second kappa shape index (κ2) is 4.14. The SMILES string of the molecule is Cc1cc(Nc2ccccc2)c2c(cnn2C)n1. The van der Waals surface area contributed by atoms with Gasteiger partial charge in [0.1, 0.15) is 11.0 Å². The number of aryl methyl sites for hydroxylation is 2. The summed E-state index contributed by atoms with van der Waals surface area (Å²) in [4.78, 5) is 4.48. The number of benzene rings is 1. The van der Waals surface area contributed by atoms with Crippen molar-refractivity contribution in [2.24, 2.45) is 7.05 Å². The quantitative estimate of drug-likeness (QED) is 0.746. The summed E-state index contributed by atoms with van der Waals surface area (Å²) in [5.74, 6) is 0. The molecule has 0 saturated heterocycles. The van der Waals surface area contributed by atoms with Gasteiger partial charge in [-0.2, -0.15) is 5.10 Å². The standard InChI is InChI=1S/C14H14N4/c1-10-8-12(17-11-6-4-3-5-7-11)14-13(16-10)9-15-18(14)2/h3-9H,1-2H3,(H,16,17). The van der Waals surface area contributed by atoms with Crippen molar-refractivity contribution >= 4 is 22.4 Å². The third kappa shape index (κ3) is 1.82. The zero-order valence-electron chi connectivity index (χ0n) is 10.4. The molecule has 2 heterocycles. The van der Waals surface area contributed by atoms with Crippen molar-refractivity contribution in [3.63, 3.8) is 0 Å². The van der Waals surface area contributed by atoms with Crippen LogP contribution < -0.4 is 5.32 Å².